The first kappa shape index (κ1) is 13.0. The van der Waals surface area contributed by atoms with Gasteiger partial charge in [0.25, 0.3) is 0 Å². The zero-order chi connectivity index (χ0) is 13.2. The second kappa shape index (κ2) is 5.06. The van der Waals surface area contributed by atoms with Gasteiger partial charge in [-0.2, -0.15) is 0 Å². The van der Waals surface area contributed by atoms with E-state index in [0.29, 0.717) is 12.1 Å². The van der Waals surface area contributed by atoms with Gasteiger partial charge in [-0.15, -0.1) is 0 Å². The van der Waals surface area contributed by atoms with Gasteiger partial charge in [0, 0.05) is 30.1 Å². The van der Waals surface area contributed by atoms with Crippen molar-refractivity contribution in [3.63, 3.8) is 0 Å². The number of ketones is 1. The van der Waals surface area contributed by atoms with Crippen molar-refractivity contribution in [2.24, 2.45) is 0 Å². The lowest BCUT2D eigenvalue weighted by Gasteiger charge is -2.34. The smallest absolute Gasteiger partial charge is 0.157 e. The predicted molar refractivity (Wildman–Crippen MR) is 72.2 cm³/mol. The van der Waals surface area contributed by atoms with Gasteiger partial charge in [-0.25, -0.2) is 0 Å². The number of carbonyl (C=O) groups is 1. The molecule has 1 aromatic rings. The first-order valence-electron chi connectivity index (χ1n) is 6.48. The second-order valence-corrected chi connectivity index (χ2v) is 5.43. The van der Waals surface area contributed by atoms with E-state index in [1.165, 1.54) is 12.8 Å². The number of rotatable bonds is 4. The van der Waals surface area contributed by atoms with Crippen LogP contribution in [0.1, 0.15) is 32.3 Å². The van der Waals surface area contributed by atoms with E-state index >= 15 is 0 Å². The summed E-state index contributed by atoms with van der Waals surface area (Å²) >= 11 is 0. The zero-order valence-corrected chi connectivity index (χ0v) is 11.1. The average Bonchev–Trinajstić information content (AvgIpc) is 2.86. The fraction of sp³-hybridized carbons (Fsp3) is 0.571. The minimum absolute atomic E-state index is 0.212. The molecule has 0 aliphatic carbocycles. The van der Waals surface area contributed by atoms with Crippen molar-refractivity contribution in [3.05, 3.63) is 24.0 Å². The van der Waals surface area contributed by atoms with E-state index in [-0.39, 0.29) is 5.78 Å². The Morgan fingerprint density at radius 3 is 2.72 bits per heavy atom. The van der Waals surface area contributed by atoms with Gasteiger partial charge >= 0.3 is 0 Å². The number of anilines is 1. The summed E-state index contributed by atoms with van der Waals surface area (Å²) in [7, 11) is 0. The summed E-state index contributed by atoms with van der Waals surface area (Å²) in [6.45, 7) is 6.04. The molecule has 1 aromatic heterocycles. The van der Waals surface area contributed by atoms with Gasteiger partial charge in [0.15, 0.2) is 5.78 Å². The summed E-state index contributed by atoms with van der Waals surface area (Å²) in [4.78, 5) is 18.7. The Kier molecular flexibility index (Phi) is 3.66. The third-order valence-electron chi connectivity index (χ3n) is 3.87. The Bertz CT molecular complexity index is 436. The van der Waals surface area contributed by atoms with Crippen LogP contribution in [0, 0.1) is 0 Å². The normalized spacial score (nSPS) is 17.0. The van der Waals surface area contributed by atoms with Gasteiger partial charge in [0.2, 0.25) is 0 Å². The summed E-state index contributed by atoms with van der Waals surface area (Å²) in [5, 5.41) is 0. The number of nitrogen functional groups attached to an aromatic ring is 1. The quantitative estimate of drug-likeness (QED) is 0.879. The maximum absolute atomic E-state index is 12.4. The lowest BCUT2D eigenvalue weighted by Crippen LogP contribution is -2.49. The van der Waals surface area contributed by atoms with Crippen molar-refractivity contribution in [2.75, 3.05) is 18.8 Å². The van der Waals surface area contributed by atoms with Crippen LogP contribution in [0.2, 0.25) is 0 Å². The lowest BCUT2D eigenvalue weighted by atomic mass is 9.92. The van der Waals surface area contributed by atoms with Crippen molar-refractivity contribution in [1.82, 2.24) is 9.88 Å². The molecular weight excluding hydrogens is 226 g/mol. The van der Waals surface area contributed by atoms with Crippen molar-refractivity contribution in [3.8, 4) is 0 Å². The van der Waals surface area contributed by atoms with Gasteiger partial charge in [-0.05, 0) is 45.8 Å². The molecule has 0 saturated carbocycles. The molecule has 1 saturated heterocycles. The number of likely N-dealkylation sites (tertiary alicyclic amines) is 1. The van der Waals surface area contributed by atoms with E-state index in [2.05, 4.69) is 9.88 Å². The van der Waals surface area contributed by atoms with Crippen molar-refractivity contribution in [2.45, 2.75) is 38.6 Å². The Morgan fingerprint density at radius 1 is 1.44 bits per heavy atom. The van der Waals surface area contributed by atoms with Crippen LogP contribution in [-0.2, 0) is 11.2 Å². The topological polar surface area (TPSA) is 59.2 Å². The van der Waals surface area contributed by atoms with Gasteiger partial charge in [0.1, 0.15) is 0 Å². The predicted octanol–water partition coefficient (Wildman–Crippen LogP) is 1.65. The number of hydrogen-bond acceptors (Lipinski definition) is 4. The number of nitrogens with two attached hydrogens (primary N) is 1. The molecule has 0 spiro atoms. The molecule has 0 bridgehead atoms. The molecule has 0 amide bonds. The maximum Gasteiger partial charge on any atom is 0.157 e. The fourth-order valence-corrected chi connectivity index (χ4v) is 2.43. The van der Waals surface area contributed by atoms with E-state index in [0.717, 1.165) is 18.7 Å². The first-order chi connectivity index (χ1) is 8.51. The van der Waals surface area contributed by atoms with E-state index in [1.807, 2.05) is 13.8 Å². The fourth-order valence-electron chi connectivity index (χ4n) is 2.43. The molecule has 0 aromatic carbocycles. The molecule has 2 rings (SSSR count). The van der Waals surface area contributed by atoms with E-state index in [9.17, 15) is 4.79 Å². The molecule has 1 fully saturated rings. The molecule has 18 heavy (non-hydrogen) atoms. The minimum Gasteiger partial charge on any atom is -0.398 e. The summed E-state index contributed by atoms with van der Waals surface area (Å²) in [5.74, 6) is 0.212. The Balaban J connectivity index is 2.09. The van der Waals surface area contributed by atoms with Crippen LogP contribution in [0.25, 0.3) is 0 Å². The highest BCUT2D eigenvalue weighted by atomic mass is 16.1. The van der Waals surface area contributed by atoms with Crippen LogP contribution in [0.15, 0.2) is 18.5 Å². The van der Waals surface area contributed by atoms with Gasteiger partial charge in [0.05, 0.1) is 5.54 Å². The molecule has 4 nitrogen and oxygen atoms in total. The molecular formula is C14H21N3O. The highest BCUT2D eigenvalue weighted by Crippen LogP contribution is 2.24. The van der Waals surface area contributed by atoms with Crippen LogP contribution >= 0.6 is 0 Å². The third kappa shape index (κ3) is 2.53. The Hall–Kier alpha value is -1.42. The van der Waals surface area contributed by atoms with Crippen LogP contribution in [0.4, 0.5) is 5.69 Å². The van der Waals surface area contributed by atoms with Crippen LogP contribution < -0.4 is 5.73 Å². The van der Waals surface area contributed by atoms with Crippen molar-refractivity contribution >= 4 is 11.5 Å². The number of aromatic nitrogens is 1. The molecule has 98 valence electrons. The minimum atomic E-state index is -0.404. The van der Waals surface area contributed by atoms with Crippen molar-refractivity contribution in [1.29, 1.82) is 0 Å². The Morgan fingerprint density at radius 2 is 2.11 bits per heavy atom. The summed E-state index contributed by atoms with van der Waals surface area (Å²) in [5.41, 5.74) is 6.93. The summed E-state index contributed by atoms with van der Waals surface area (Å²) in [6, 6.07) is 1.74. The zero-order valence-electron chi connectivity index (χ0n) is 11.1. The van der Waals surface area contributed by atoms with E-state index in [4.69, 9.17) is 5.73 Å². The van der Waals surface area contributed by atoms with Crippen LogP contribution in [-0.4, -0.2) is 34.3 Å². The molecule has 2 N–H and O–H groups in total. The number of nitrogens with zero attached hydrogens (tertiary/aromatic N) is 2. The molecule has 2 heterocycles. The highest BCUT2D eigenvalue weighted by molar-refractivity contribution is 5.90. The molecule has 0 radical (unpaired) electrons. The lowest BCUT2D eigenvalue weighted by molar-refractivity contribution is -0.128. The van der Waals surface area contributed by atoms with E-state index in [1.54, 1.807) is 18.5 Å². The molecule has 0 unspecified atom stereocenters. The largest absolute Gasteiger partial charge is 0.398 e. The molecule has 1 aliphatic rings. The average molecular weight is 247 g/mol. The third-order valence-corrected chi connectivity index (χ3v) is 3.87. The number of pyridine rings is 1. The maximum atomic E-state index is 12.4. The van der Waals surface area contributed by atoms with Gasteiger partial charge < -0.3 is 5.73 Å². The highest BCUT2D eigenvalue weighted by Gasteiger charge is 2.35. The summed E-state index contributed by atoms with van der Waals surface area (Å²) < 4.78 is 0. The molecule has 0 atom stereocenters. The first-order valence-corrected chi connectivity index (χ1v) is 6.48. The molecule has 4 heteroatoms. The number of carbonyl (C=O) groups excluding carboxylic acids is 1. The molecule has 1 aliphatic heterocycles. The van der Waals surface area contributed by atoms with Crippen molar-refractivity contribution < 1.29 is 4.79 Å². The summed E-state index contributed by atoms with van der Waals surface area (Å²) in [6.07, 6.45) is 6.07. The SMILES string of the molecule is CC(C)(C(=O)Cc1cnccc1N)N1CCCC1. The van der Waals surface area contributed by atoms with Crippen LogP contribution in [0.3, 0.4) is 0 Å². The second-order valence-electron chi connectivity index (χ2n) is 5.43. The monoisotopic (exact) mass is 247 g/mol. The standard InChI is InChI=1S/C14H21N3O/c1-14(2,17-7-3-4-8-17)13(18)9-11-10-16-6-5-12(11)15/h5-6,10H,3-4,7-9H2,1-2H3,(H2,15,16). The van der Waals surface area contributed by atoms with E-state index < -0.39 is 5.54 Å². The van der Waals surface area contributed by atoms with Gasteiger partial charge in [-0.1, -0.05) is 0 Å². The van der Waals surface area contributed by atoms with Crippen LogP contribution in [0.5, 0.6) is 0 Å². The Labute approximate surface area is 108 Å². The number of Topliss-reactive ketones (excluding diaryl/α,β-unsaturated/α-hetero) is 1. The van der Waals surface area contributed by atoms with Gasteiger partial charge in [-0.3, -0.25) is 14.7 Å². The number of hydrogen-bond donors (Lipinski definition) is 1.